The van der Waals surface area contributed by atoms with Gasteiger partial charge in [0, 0.05) is 51.2 Å². The Bertz CT molecular complexity index is 710. The normalized spacial score (nSPS) is 21.6. The van der Waals surface area contributed by atoms with Gasteiger partial charge in [-0.2, -0.15) is 4.98 Å². The molecule has 6 nitrogen and oxygen atoms in total. The van der Waals surface area contributed by atoms with Crippen LogP contribution in [0.2, 0.25) is 0 Å². The number of β-amino-alcohol motifs (C(OH)–C–C–N with tert-alkyl or cyclic N) is 1. The van der Waals surface area contributed by atoms with Crippen LogP contribution in [-0.2, 0) is 0 Å². The zero-order chi connectivity index (χ0) is 17.8. The molecule has 1 unspecified atom stereocenters. The molecule has 2 fully saturated rings. The molecule has 4 rings (SSSR count). The zero-order valence-electron chi connectivity index (χ0n) is 15.2. The van der Waals surface area contributed by atoms with Crippen LogP contribution in [0.1, 0.15) is 19.3 Å². The molecule has 2 aromatic rings. The van der Waals surface area contributed by atoms with E-state index in [0.29, 0.717) is 6.54 Å². The number of hydrogen-bond donors (Lipinski definition) is 1. The summed E-state index contributed by atoms with van der Waals surface area (Å²) in [6, 6.07) is 12.6. The molecule has 3 heterocycles. The topological polar surface area (TPSA) is 55.7 Å². The molecular formula is C20H27N5O. The average Bonchev–Trinajstić information content (AvgIpc) is 2.95. The lowest BCUT2D eigenvalue weighted by atomic mass is 10.1. The molecule has 1 N–H and O–H groups in total. The number of rotatable bonds is 3. The highest BCUT2D eigenvalue weighted by molar-refractivity contribution is 5.48. The van der Waals surface area contributed by atoms with E-state index in [-0.39, 0.29) is 6.10 Å². The summed E-state index contributed by atoms with van der Waals surface area (Å²) in [6.45, 7) is 5.53. The van der Waals surface area contributed by atoms with Gasteiger partial charge in [-0.1, -0.05) is 18.2 Å². The monoisotopic (exact) mass is 353 g/mol. The maximum Gasteiger partial charge on any atom is 0.227 e. The van der Waals surface area contributed by atoms with Crippen molar-refractivity contribution in [3.63, 3.8) is 0 Å². The van der Waals surface area contributed by atoms with Crippen LogP contribution in [0.4, 0.5) is 17.5 Å². The molecule has 2 saturated heterocycles. The molecule has 0 radical (unpaired) electrons. The van der Waals surface area contributed by atoms with Gasteiger partial charge in [0.2, 0.25) is 5.95 Å². The Balaban J connectivity index is 1.45. The third-order valence-electron chi connectivity index (χ3n) is 5.25. The highest BCUT2D eigenvalue weighted by atomic mass is 16.3. The molecule has 0 bridgehead atoms. The van der Waals surface area contributed by atoms with Crippen LogP contribution in [0.25, 0.3) is 0 Å². The van der Waals surface area contributed by atoms with Crippen molar-refractivity contribution in [1.29, 1.82) is 0 Å². The Morgan fingerprint density at radius 1 is 0.846 bits per heavy atom. The van der Waals surface area contributed by atoms with Crippen molar-refractivity contribution < 1.29 is 5.11 Å². The van der Waals surface area contributed by atoms with Gasteiger partial charge < -0.3 is 19.8 Å². The lowest BCUT2D eigenvalue weighted by Crippen LogP contribution is -2.39. The molecule has 26 heavy (non-hydrogen) atoms. The molecule has 0 amide bonds. The first-order chi connectivity index (χ1) is 12.8. The number of hydrogen-bond acceptors (Lipinski definition) is 6. The van der Waals surface area contributed by atoms with E-state index in [1.165, 1.54) is 5.69 Å². The number of aliphatic hydroxyl groups is 1. The summed E-state index contributed by atoms with van der Waals surface area (Å²) >= 11 is 0. The van der Waals surface area contributed by atoms with Crippen molar-refractivity contribution >= 4 is 17.5 Å². The van der Waals surface area contributed by atoms with Gasteiger partial charge in [-0.05, 0) is 37.5 Å². The van der Waals surface area contributed by atoms with Crippen LogP contribution < -0.4 is 14.7 Å². The summed E-state index contributed by atoms with van der Waals surface area (Å²) in [5.41, 5.74) is 1.28. The van der Waals surface area contributed by atoms with Crippen LogP contribution in [0.3, 0.4) is 0 Å². The van der Waals surface area contributed by atoms with Gasteiger partial charge >= 0.3 is 0 Å². The number of piperidine rings is 1. The summed E-state index contributed by atoms with van der Waals surface area (Å²) < 4.78 is 0. The predicted molar refractivity (Wildman–Crippen MR) is 105 cm³/mol. The fraction of sp³-hybridized carbons (Fsp3) is 0.500. The van der Waals surface area contributed by atoms with Gasteiger partial charge in [0.25, 0.3) is 0 Å². The second-order valence-corrected chi connectivity index (χ2v) is 7.12. The van der Waals surface area contributed by atoms with E-state index in [0.717, 1.165) is 63.8 Å². The van der Waals surface area contributed by atoms with Crippen LogP contribution in [0.5, 0.6) is 0 Å². The number of anilines is 3. The van der Waals surface area contributed by atoms with Gasteiger partial charge in [-0.15, -0.1) is 0 Å². The van der Waals surface area contributed by atoms with Crippen molar-refractivity contribution in [1.82, 2.24) is 9.97 Å². The Morgan fingerprint density at radius 3 is 2.46 bits per heavy atom. The first-order valence-electron chi connectivity index (χ1n) is 9.60. The molecule has 0 saturated carbocycles. The summed E-state index contributed by atoms with van der Waals surface area (Å²) in [7, 11) is 0. The summed E-state index contributed by atoms with van der Waals surface area (Å²) in [4.78, 5) is 16.2. The van der Waals surface area contributed by atoms with Crippen molar-refractivity contribution in [2.75, 3.05) is 54.0 Å². The molecule has 6 heteroatoms. The molecule has 0 spiro atoms. The zero-order valence-corrected chi connectivity index (χ0v) is 15.2. The fourth-order valence-electron chi connectivity index (χ4n) is 3.84. The number of para-hydroxylation sites is 1. The van der Waals surface area contributed by atoms with Gasteiger partial charge in [-0.3, -0.25) is 0 Å². The first kappa shape index (κ1) is 17.1. The van der Waals surface area contributed by atoms with Crippen LogP contribution in [-0.4, -0.2) is 60.4 Å². The average molecular weight is 353 g/mol. The van der Waals surface area contributed by atoms with Crippen molar-refractivity contribution in [3.05, 3.63) is 42.6 Å². The summed E-state index contributed by atoms with van der Waals surface area (Å²) in [6.07, 6.45) is 4.58. The van der Waals surface area contributed by atoms with Gasteiger partial charge in [0.15, 0.2) is 0 Å². The van der Waals surface area contributed by atoms with E-state index >= 15 is 0 Å². The lowest BCUT2D eigenvalue weighted by molar-refractivity contribution is 0.154. The predicted octanol–water partition coefficient (Wildman–Crippen LogP) is 2.15. The molecule has 138 valence electrons. The minimum atomic E-state index is -0.250. The van der Waals surface area contributed by atoms with Crippen LogP contribution >= 0.6 is 0 Å². The van der Waals surface area contributed by atoms with E-state index in [9.17, 15) is 5.11 Å². The van der Waals surface area contributed by atoms with Crippen LogP contribution in [0.15, 0.2) is 42.6 Å². The highest BCUT2D eigenvalue weighted by Crippen LogP contribution is 2.22. The fourth-order valence-corrected chi connectivity index (χ4v) is 3.84. The first-order valence-corrected chi connectivity index (χ1v) is 9.60. The third-order valence-corrected chi connectivity index (χ3v) is 5.25. The minimum absolute atomic E-state index is 0.250. The Kier molecular flexibility index (Phi) is 5.20. The van der Waals surface area contributed by atoms with Crippen molar-refractivity contribution in [2.24, 2.45) is 0 Å². The molecule has 2 aliphatic rings. The largest absolute Gasteiger partial charge is 0.391 e. The lowest BCUT2D eigenvalue weighted by Gasteiger charge is -2.31. The molecule has 1 aromatic carbocycles. The molecule has 1 atom stereocenters. The summed E-state index contributed by atoms with van der Waals surface area (Å²) in [5, 5.41) is 9.93. The van der Waals surface area contributed by atoms with E-state index < -0.39 is 0 Å². The standard InChI is InChI=1S/C20H27N5O/c26-18-8-4-11-25(16-18)19-9-10-21-20(22-19)24-13-5-12-23(14-15-24)17-6-2-1-3-7-17/h1-3,6-7,9-10,18,26H,4-5,8,11-16H2. The smallest absolute Gasteiger partial charge is 0.227 e. The van der Waals surface area contributed by atoms with Crippen molar-refractivity contribution in [2.45, 2.75) is 25.4 Å². The Hall–Kier alpha value is -2.34. The minimum Gasteiger partial charge on any atom is -0.391 e. The van der Waals surface area contributed by atoms with Gasteiger partial charge in [0.1, 0.15) is 5.82 Å². The van der Waals surface area contributed by atoms with Crippen molar-refractivity contribution in [3.8, 4) is 0 Å². The van der Waals surface area contributed by atoms with Gasteiger partial charge in [0.05, 0.1) is 6.10 Å². The highest BCUT2D eigenvalue weighted by Gasteiger charge is 2.21. The second kappa shape index (κ2) is 7.91. The third kappa shape index (κ3) is 3.90. The summed E-state index contributed by atoms with van der Waals surface area (Å²) in [5.74, 6) is 1.73. The number of nitrogens with zero attached hydrogens (tertiary/aromatic N) is 5. The maximum absolute atomic E-state index is 9.93. The Morgan fingerprint density at radius 2 is 1.62 bits per heavy atom. The van der Waals surface area contributed by atoms with E-state index in [1.54, 1.807) is 0 Å². The second-order valence-electron chi connectivity index (χ2n) is 7.12. The van der Waals surface area contributed by atoms with Crippen LogP contribution in [0, 0.1) is 0 Å². The molecule has 0 aliphatic carbocycles. The van der Waals surface area contributed by atoms with E-state index in [4.69, 9.17) is 4.98 Å². The molecule has 1 aromatic heterocycles. The van der Waals surface area contributed by atoms with Gasteiger partial charge in [-0.25, -0.2) is 4.98 Å². The van der Waals surface area contributed by atoms with E-state index in [1.807, 2.05) is 12.3 Å². The molecular weight excluding hydrogens is 326 g/mol. The number of benzene rings is 1. The molecule has 2 aliphatic heterocycles. The Labute approximate surface area is 155 Å². The maximum atomic E-state index is 9.93. The SMILES string of the molecule is OC1CCCN(c2ccnc(N3CCCN(c4ccccc4)CC3)n2)C1. The number of aromatic nitrogens is 2. The number of aliphatic hydroxyl groups excluding tert-OH is 1. The quantitative estimate of drug-likeness (QED) is 0.913. The van der Waals surface area contributed by atoms with E-state index in [2.05, 4.69) is 50.0 Å².